The molecule has 0 atom stereocenters. The Labute approximate surface area is 118 Å². The predicted molar refractivity (Wildman–Crippen MR) is 81.3 cm³/mol. The number of ether oxygens (including phenoxy) is 1. The van der Waals surface area contributed by atoms with Crippen molar-refractivity contribution in [3.05, 3.63) is 53.1 Å². The van der Waals surface area contributed by atoms with Crippen LogP contribution in [0.1, 0.15) is 21.5 Å². The van der Waals surface area contributed by atoms with Gasteiger partial charge in [0.1, 0.15) is 5.75 Å². The van der Waals surface area contributed by atoms with E-state index in [4.69, 9.17) is 10.5 Å². The van der Waals surface area contributed by atoms with Gasteiger partial charge < -0.3 is 15.8 Å². The monoisotopic (exact) mass is 270 g/mol. The van der Waals surface area contributed by atoms with Gasteiger partial charge in [-0.15, -0.1) is 0 Å². The van der Waals surface area contributed by atoms with Gasteiger partial charge in [0, 0.05) is 11.3 Å². The van der Waals surface area contributed by atoms with Gasteiger partial charge in [-0.1, -0.05) is 12.1 Å². The molecule has 0 radical (unpaired) electrons. The summed E-state index contributed by atoms with van der Waals surface area (Å²) in [6.45, 7) is 3.87. The molecule has 0 fully saturated rings. The number of aryl methyl sites for hydroxylation is 2. The van der Waals surface area contributed by atoms with E-state index in [9.17, 15) is 4.79 Å². The summed E-state index contributed by atoms with van der Waals surface area (Å²) in [5.41, 5.74) is 9.62. The van der Waals surface area contributed by atoms with E-state index in [1.165, 1.54) is 0 Å². The number of carbonyl (C=O) groups excluding carboxylic acids is 1. The third kappa shape index (κ3) is 2.91. The Morgan fingerprint density at radius 2 is 1.90 bits per heavy atom. The number of methoxy groups -OCH3 is 1. The Bertz CT molecular complexity index is 651. The number of anilines is 2. The van der Waals surface area contributed by atoms with Crippen LogP contribution in [0.2, 0.25) is 0 Å². The molecule has 20 heavy (non-hydrogen) atoms. The number of benzene rings is 2. The molecule has 0 aliphatic heterocycles. The van der Waals surface area contributed by atoms with Crippen LogP contribution in [0.3, 0.4) is 0 Å². The van der Waals surface area contributed by atoms with E-state index in [0.29, 0.717) is 22.7 Å². The fraction of sp³-hybridized carbons (Fsp3) is 0.188. The zero-order valence-electron chi connectivity index (χ0n) is 11.9. The molecule has 0 aliphatic carbocycles. The van der Waals surface area contributed by atoms with Crippen LogP contribution in [0.15, 0.2) is 36.4 Å². The second kappa shape index (κ2) is 5.65. The van der Waals surface area contributed by atoms with E-state index in [2.05, 4.69) is 5.32 Å². The van der Waals surface area contributed by atoms with Gasteiger partial charge >= 0.3 is 0 Å². The van der Waals surface area contributed by atoms with Gasteiger partial charge in [0.25, 0.3) is 5.91 Å². The maximum Gasteiger partial charge on any atom is 0.255 e. The Morgan fingerprint density at radius 3 is 2.55 bits per heavy atom. The van der Waals surface area contributed by atoms with Crippen molar-refractivity contribution < 1.29 is 9.53 Å². The van der Waals surface area contributed by atoms with Gasteiger partial charge in [-0.3, -0.25) is 4.79 Å². The van der Waals surface area contributed by atoms with Crippen LogP contribution in [0.4, 0.5) is 11.4 Å². The van der Waals surface area contributed by atoms with Crippen molar-refractivity contribution in [1.29, 1.82) is 0 Å². The molecular weight excluding hydrogens is 252 g/mol. The Kier molecular flexibility index (Phi) is 3.94. The summed E-state index contributed by atoms with van der Waals surface area (Å²) < 4.78 is 5.27. The minimum Gasteiger partial charge on any atom is -0.495 e. The highest BCUT2D eigenvalue weighted by atomic mass is 16.5. The van der Waals surface area contributed by atoms with Crippen LogP contribution >= 0.6 is 0 Å². The van der Waals surface area contributed by atoms with Gasteiger partial charge in [0.15, 0.2) is 0 Å². The molecule has 1 amide bonds. The normalized spacial score (nSPS) is 10.2. The van der Waals surface area contributed by atoms with Crippen LogP contribution in [0.25, 0.3) is 0 Å². The van der Waals surface area contributed by atoms with E-state index in [1.54, 1.807) is 19.2 Å². The lowest BCUT2D eigenvalue weighted by Gasteiger charge is -2.11. The first-order chi connectivity index (χ1) is 9.51. The fourth-order valence-corrected chi connectivity index (χ4v) is 1.88. The molecule has 4 nitrogen and oxygen atoms in total. The molecule has 0 unspecified atom stereocenters. The van der Waals surface area contributed by atoms with Crippen molar-refractivity contribution in [3.63, 3.8) is 0 Å². The summed E-state index contributed by atoms with van der Waals surface area (Å²) in [6.07, 6.45) is 0. The van der Waals surface area contributed by atoms with Gasteiger partial charge in [-0.25, -0.2) is 0 Å². The molecule has 4 heteroatoms. The lowest BCUT2D eigenvalue weighted by Crippen LogP contribution is -2.13. The minimum absolute atomic E-state index is 0.209. The SMILES string of the molecule is COc1cc(C)ccc1NC(=O)c1ccc(C)c(N)c1. The molecule has 104 valence electrons. The van der Waals surface area contributed by atoms with Crippen LogP contribution in [0.5, 0.6) is 5.75 Å². The Morgan fingerprint density at radius 1 is 1.15 bits per heavy atom. The quantitative estimate of drug-likeness (QED) is 0.842. The van der Waals surface area contributed by atoms with E-state index in [1.807, 2.05) is 38.1 Å². The lowest BCUT2D eigenvalue weighted by molar-refractivity contribution is 0.102. The molecule has 2 aromatic rings. The van der Waals surface area contributed by atoms with Crippen molar-refractivity contribution in [2.75, 3.05) is 18.2 Å². The van der Waals surface area contributed by atoms with Gasteiger partial charge in [0.2, 0.25) is 0 Å². The van der Waals surface area contributed by atoms with Gasteiger partial charge in [-0.2, -0.15) is 0 Å². The van der Waals surface area contributed by atoms with Crippen molar-refractivity contribution in [1.82, 2.24) is 0 Å². The molecule has 0 aromatic heterocycles. The molecule has 2 rings (SSSR count). The zero-order valence-corrected chi connectivity index (χ0v) is 11.9. The molecule has 0 saturated carbocycles. The van der Waals surface area contributed by atoms with Gasteiger partial charge in [0.05, 0.1) is 12.8 Å². The first-order valence-corrected chi connectivity index (χ1v) is 6.33. The summed E-state index contributed by atoms with van der Waals surface area (Å²) in [5, 5.41) is 2.83. The third-order valence-corrected chi connectivity index (χ3v) is 3.15. The van der Waals surface area contributed by atoms with E-state index < -0.39 is 0 Å². The standard InChI is InChI=1S/C16H18N2O2/c1-10-4-7-14(15(8-10)20-3)18-16(19)12-6-5-11(2)13(17)9-12/h4-9H,17H2,1-3H3,(H,18,19). The van der Waals surface area contributed by atoms with E-state index >= 15 is 0 Å². The van der Waals surface area contributed by atoms with Crippen LogP contribution in [-0.2, 0) is 0 Å². The summed E-state index contributed by atoms with van der Waals surface area (Å²) in [5.74, 6) is 0.428. The predicted octanol–water partition coefficient (Wildman–Crippen LogP) is 3.15. The number of nitrogen functional groups attached to an aromatic ring is 1. The van der Waals surface area contributed by atoms with Crippen LogP contribution < -0.4 is 15.8 Å². The molecule has 0 bridgehead atoms. The van der Waals surface area contributed by atoms with Crippen LogP contribution in [0, 0.1) is 13.8 Å². The number of carbonyl (C=O) groups is 1. The number of nitrogens with two attached hydrogens (primary N) is 1. The summed E-state index contributed by atoms with van der Waals surface area (Å²) in [6, 6.07) is 10.9. The largest absolute Gasteiger partial charge is 0.495 e. The molecular formula is C16H18N2O2. The zero-order chi connectivity index (χ0) is 14.7. The number of amides is 1. The third-order valence-electron chi connectivity index (χ3n) is 3.15. The average Bonchev–Trinajstić information content (AvgIpc) is 2.43. The van der Waals surface area contributed by atoms with Gasteiger partial charge in [-0.05, 0) is 49.2 Å². The van der Waals surface area contributed by atoms with Crippen LogP contribution in [-0.4, -0.2) is 13.0 Å². The highest BCUT2D eigenvalue weighted by molar-refractivity contribution is 6.05. The molecule has 0 spiro atoms. The average molecular weight is 270 g/mol. The molecule has 0 heterocycles. The first-order valence-electron chi connectivity index (χ1n) is 6.33. The lowest BCUT2D eigenvalue weighted by atomic mass is 10.1. The topological polar surface area (TPSA) is 64.3 Å². The first kappa shape index (κ1) is 13.9. The molecule has 3 N–H and O–H groups in total. The Balaban J connectivity index is 2.25. The van der Waals surface area contributed by atoms with E-state index in [0.717, 1.165) is 11.1 Å². The highest BCUT2D eigenvalue weighted by Crippen LogP contribution is 2.26. The number of hydrogen-bond donors (Lipinski definition) is 2. The minimum atomic E-state index is -0.209. The van der Waals surface area contributed by atoms with E-state index in [-0.39, 0.29) is 5.91 Å². The fourth-order valence-electron chi connectivity index (χ4n) is 1.88. The number of rotatable bonds is 3. The maximum atomic E-state index is 12.2. The van der Waals surface area contributed by atoms with Crippen molar-refractivity contribution in [2.24, 2.45) is 0 Å². The number of hydrogen-bond acceptors (Lipinski definition) is 3. The smallest absolute Gasteiger partial charge is 0.255 e. The maximum absolute atomic E-state index is 12.2. The van der Waals surface area contributed by atoms with Crippen molar-refractivity contribution in [2.45, 2.75) is 13.8 Å². The molecule has 0 saturated heterocycles. The number of nitrogens with one attached hydrogen (secondary N) is 1. The van der Waals surface area contributed by atoms with Crippen molar-refractivity contribution >= 4 is 17.3 Å². The second-order valence-corrected chi connectivity index (χ2v) is 4.73. The summed E-state index contributed by atoms with van der Waals surface area (Å²) in [4.78, 5) is 12.2. The van der Waals surface area contributed by atoms with Crippen molar-refractivity contribution in [3.8, 4) is 5.75 Å². The molecule has 0 aliphatic rings. The second-order valence-electron chi connectivity index (χ2n) is 4.73. The molecule has 2 aromatic carbocycles. The summed E-state index contributed by atoms with van der Waals surface area (Å²) in [7, 11) is 1.58. The summed E-state index contributed by atoms with van der Waals surface area (Å²) >= 11 is 0. The Hall–Kier alpha value is -2.49. The highest BCUT2D eigenvalue weighted by Gasteiger charge is 2.10.